The van der Waals surface area contributed by atoms with Gasteiger partial charge >= 0.3 is 0 Å². The highest BCUT2D eigenvalue weighted by Gasteiger charge is 2.21. The van der Waals surface area contributed by atoms with Crippen molar-refractivity contribution in [2.24, 2.45) is 11.8 Å². The molecule has 1 unspecified atom stereocenters. The van der Waals surface area contributed by atoms with E-state index in [1.165, 1.54) is 50.5 Å². The van der Waals surface area contributed by atoms with E-state index in [4.69, 9.17) is 5.84 Å². The van der Waals surface area contributed by atoms with Crippen LogP contribution in [-0.4, -0.2) is 6.04 Å². The van der Waals surface area contributed by atoms with Gasteiger partial charge in [0.25, 0.3) is 0 Å². The van der Waals surface area contributed by atoms with Crippen molar-refractivity contribution in [3.63, 3.8) is 0 Å². The van der Waals surface area contributed by atoms with Gasteiger partial charge in [0, 0.05) is 10.5 Å². The number of hydrogen-bond acceptors (Lipinski definition) is 2. The van der Waals surface area contributed by atoms with E-state index in [1.54, 1.807) is 0 Å². The maximum atomic E-state index is 5.82. The quantitative estimate of drug-likeness (QED) is 0.644. The monoisotopic (exact) mass is 324 g/mol. The van der Waals surface area contributed by atoms with E-state index in [9.17, 15) is 0 Å². The Morgan fingerprint density at radius 3 is 2.47 bits per heavy atom. The number of rotatable bonds is 4. The molecule has 0 radical (unpaired) electrons. The molecule has 0 saturated heterocycles. The van der Waals surface area contributed by atoms with Crippen LogP contribution in [0.2, 0.25) is 0 Å². The minimum Gasteiger partial charge on any atom is -0.271 e. The van der Waals surface area contributed by atoms with Crippen molar-refractivity contribution in [3.8, 4) is 0 Å². The molecule has 1 atom stereocenters. The van der Waals surface area contributed by atoms with Gasteiger partial charge in [0.1, 0.15) is 0 Å². The van der Waals surface area contributed by atoms with Crippen molar-refractivity contribution in [3.05, 3.63) is 34.3 Å². The van der Waals surface area contributed by atoms with E-state index < -0.39 is 0 Å². The van der Waals surface area contributed by atoms with E-state index in [-0.39, 0.29) is 0 Å². The lowest BCUT2D eigenvalue weighted by molar-refractivity contribution is 0.285. The van der Waals surface area contributed by atoms with Crippen LogP contribution in [-0.2, 0) is 6.42 Å². The number of hydrogen-bond donors (Lipinski definition) is 2. The van der Waals surface area contributed by atoms with Crippen LogP contribution in [0.3, 0.4) is 0 Å². The maximum Gasteiger partial charge on any atom is 0.0279 e. The molecule has 3 N–H and O–H groups in total. The highest BCUT2D eigenvalue weighted by molar-refractivity contribution is 9.10. The predicted octanol–water partition coefficient (Wildman–Crippen LogP) is 4.18. The molecule has 0 aliphatic heterocycles. The molecular weight excluding hydrogens is 300 g/mol. The third kappa shape index (κ3) is 4.90. The molecule has 1 aliphatic rings. The highest BCUT2D eigenvalue weighted by Crippen LogP contribution is 2.26. The molecule has 2 rings (SSSR count). The van der Waals surface area contributed by atoms with Crippen LogP contribution in [0.15, 0.2) is 28.7 Å². The average molecular weight is 325 g/mol. The van der Waals surface area contributed by atoms with Crippen LogP contribution >= 0.6 is 15.9 Å². The smallest absolute Gasteiger partial charge is 0.0279 e. The summed E-state index contributed by atoms with van der Waals surface area (Å²) < 4.78 is 1.15. The Morgan fingerprint density at radius 1 is 1.16 bits per heavy atom. The van der Waals surface area contributed by atoms with E-state index in [0.29, 0.717) is 6.04 Å². The first kappa shape index (κ1) is 15.0. The molecule has 0 amide bonds. The molecule has 1 saturated carbocycles. The average Bonchev–Trinajstić information content (AvgIpc) is 2.36. The SMILES string of the molecule is NNC(Cc1cccc(Br)c1)C1CCCCCCC1. The van der Waals surface area contributed by atoms with Gasteiger partial charge in [-0.15, -0.1) is 0 Å². The molecule has 0 heterocycles. The third-order valence-electron chi connectivity index (χ3n) is 4.28. The molecule has 1 fully saturated rings. The second-order valence-electron chi connectivity index (χ2n) is 5.71. The summed E-state index contributed by atoms with van der Waals surface area (Å²) in [5, 5.41) is 0. The van der Waals surface area contributed by atoms with E-state index in [1.807, 2.05) is 0 Å². The fourth-order valence-corrected chi connectivity index (χ4v) is 3.62. The maximum absolute atomic E-state index is 5.82. The molecule has 2 nitrogen and oxygen atoms in total. The van der Waals surface area contributed by atoms with Gasteiger partial charge in [0.2, 0.25) is 0 Å². The van der Waals surface area contributed by atoms with Gasteiger partial charge in [-0.25, -0.2) is 0 Å². The Kier molecular flexibility index (Phi) is 6.35. The van der Waals surface area contributed by atoms with E-state index >= 15 is 0 Å². The van der Waals surface area contributed by atoms with Crippen molar-refractivity contribution in [2.45, 2.75) is 57.4 Å². The van der Waals surface area contributed by atoms with E-state index in [2.05, 4.69) is 45.6 Å². The van der Waals surface area contributed by atoms with Crippen molar-refractivity contribution in [1.82, 2.24) is 5.43 Å². The van der Waals surface area contributed by atoms with Crippen molar-refractivity contribution < 1.29 is 0 Å². The third-order valence-corrected chi connectivity index (χ3v) is 4.77. The first-order chi connectivity index (χ1) is 9.29. The lowest BCUT2D eigenvalue weighted by Gasteiger charge is -2.28. The molecular formula is C16H25BrN2. The zero-order chi connectivity index (χ0) is 13.5. The molecule has 3 heteroatoms. The largest absolute Gasteiger partial charge is 0.271 e. The van der Waals surface area contributed by atoms with Crippen molar-refractivity contribution >= 4 is 15.9 Å². The minimum absolute atomic E-state index is 0.410. The van der Waals surface area contributed by atoms with Crippen LogP contribution in [0.25, 0.3) is 0 Å². The summed E-state index contributed by atoms with van der Waals surface area (Å²) in [4.78, 5) is 0. The van der Waals surface area contributed by atoms with Crippen LogP contribution < -0.4 is 11.3 Å². The number of nitrogens with one attached hydrogen (secondary N) is 1. The Morgan fingerprint density at radius 2 is 1.84 bits per heavy atom. The molecule has 0 aromatic heterocycles. The molecule has 0 spiro atoms. The van der Waals surface area contributed by atoms with Crippen LogP contribution in [0.1, 0.15) is 50.5 Å². The number of halogens is 1. The first-order valence-electron chi connectivity index (χ1n) is 7.50. The van der Waals surface area contributed by atoms with Crippen molar-refractivity contribution in [1.29, 1.82) is 0 Å². The van der Waals surface area contributed by atoms with Crippen LogP contribution in [0.5, 0.6) is 0 Å². The molecule has 0 bridgehead atoms. The Labute approximate surface area is 125 Å². The van der Waals surface area contributed by atoms with Gasteiger partial charge in [-0.1, -0.05) is 60.2 Å². The number of nitrogens with two attached hydrogens (primary N) is 1. The fourth-order valence-electron chi connectivity index (χ4n) is 3.17. The van der Waals surface area contributed by atoms with Crippen LogP contribution in [0.4, 0.5) is 0 Å². The molecule has 106 valence electrons. The van der Waals surface area contributed by atoms with Crippen molar-refractivity contribution in [2.75, 3.05) is 0 Å². The predicted molar refractivity (Wildman–Crippen MR) is 84.8 cm³/mol. The molecule has 1 aromatic carbocycles. The van der Waals surface area contributed by atoms with E-state index in [0.717, 1.165) is 16.8 Å². The minimum atomic E-state index is 0.410. The van der Waals surface area contributed by atoms with Gasteiger partial charge < -0.3 is 0 Å². The van der Waals surface area contributed by atoms with Gasteiger partial charge in [0.05, 0.1) is 0 Å². The Bertz CT molecular complexity index is 373. The topological polar surface area (TPSA) is 38.0 Å². The summed E-state index contributed by atoms with van der Waals surface area (Å²) in [7, 11) is 0. The zero-order valence-electron chi connectivity index (χ0n) is 11.6. The second kappa shape index (κ2) is 8.03. The summed E-state index contributed by atoms with van der Waals surface area (Å²) in [6, 6.07) is 8.98. The van der Waals surface area contributed by atoms with Gasteiger partial charge in [-0.3, -0.25) is 11.3 Å². The lowest BCUT2D eigenvalue weighted by Crippen LogP contribution is -2.42. The van der Waals surface area contributed by atoms with Gasteiger partial charge in [0.15, 0.2) is 0 Å². The summed E-state index contributed by atoms with van der Waals surface area (Å²) in [5.41, 5.74) is 4.43. The normalized spacial score (nSPS) is 19.7. The summed E-state index contributed by atoms with van der Waals surface area (Å²) in [6.07, 6.45) is 10.6. The van der Waals surface area contributed by atoms with Gasteiger partial charge in [-0.2, -0.15) is 0 Å². The Hall–Kier alpha value is -0.380. The summed E-state index contributed by atoms with van der Waals surface area (Å²) >= 11 is 3.54. The molecule has 1 aliphatic carbocycles. The molecule has 19 heavy (non-hydrogen) atoms. The standard InChI is InChI=1S/C16H25BrN2/c17-15-10-6-7-13(11-15)12-16(19-18)14-8-4-2-1-3-5-9-14/h6-7,10-11,14,16,19H,1-5,8-9,12,18H2. The Balaban J connectivity index is 1.97. The summed E-state index contributed by atoms with van der Waals surface area (Å²) in [5.74, 6) is 6.54. The number of hydrazine groups is 1. The summed E-state index contributed by atoms with van der Waals surface area (Å²) in [6.45, 7) is 0. The first-order valence-corrected chi connectivity index (χ1v) is 8.29. The van der Waals surface area contributed by atoms with Crippen LogP contribution in [0, 0.1) is 5.92 Å². The zero-order valence-corrected chi connectivity index (χ0v) is 13.2. The second-order valence-corrected chi connectivity index (χ2v) is 6.63. The lowest BCUT2D eigenvalue weighted by atomic mass is 9.83. The molecule has 1 aromatic rings. The number of benzene rings is 1. The van der Waals surface area contributed by atoms with Gasteiger partial charge in [-0.05, 0) is 42.9 Å². The fraction of sp³-hybridized carbons (Fsp3) is 0.625. The highest BCUT2D eigenvalue weighted by atomic mass is 79.9.